The first-order chi connectivity index (χ1) is 14.4. The highest BCUT2D eigenvalue weighted by molar-refractivity contribution is 14.1. The van der Waals surface area contributed by atoms with Crippen LogP contribution in [0.5, 0.6) is 0 Å². The number of rotatable bonds is 4. The van der Waals surface area contributed by atoms with Gasteiger partial charge in [-0.3, -0.25) is 9.36 Å². The summed E-state index contributed by atoms with van der Waals surface area (Å²) in [7, 11) is 0. The van der Waals surface area contributed by atoms with Crippen LogP contribution in [0.15, 0.2) is 53.3 Å². The van der Waals surface area contributed by atoms with Crippen molar-refractivity contribution >= 4 is 56.9 Å². The minimum Gasteiger partial charge on any atom is -0.368 e. The van der Waals surface area contributed by atoms with Crippen molar-refractivity contribution in [2.24, 2.45) is 0 Å². The van der Waals surface area contributed by atoms with Gasteiger partial charge in [0.15, 0.2) is 0 Å². The van der Waals surface area contributed by atoms with E-state index in [0.29, 0.717) is 33.3 Å². The predicted octanol–water partition coefficient (Wildman–Crippen LogP) is 4.50. The molecule has 0 aliphatic rings. The van der Waals surface area contributed by atoms with Crippen LogP contribution >= 0.6 is 34.2 Å². The summed E-state index contributed by atoms with van der Waals surface area (Å²) >= 11 is 8.51. The number of para-hydroxylation sites is 1. The molecule has 4 aromatic rings. The van der Waals surface area contributed by atoms with E-state index in [1.54, 1.807) is 22.8 Å². The maximum atomic E-state index is 13.5. The summed E-state index contributed by atoms with van der Waals surface area (Å²) < 4.78 is 2.43. The molecule has 9 heteroatoms. The van der Waals surface area contributed by atoms with Gasteiger partial charge < -0.3 is 11.1 Å². The van der Waals surface area contributed by atoms with E-state index in [-0.39, 0.29) is 17.5 Å². The van der Waals surface area contributed by atoms with E-state index in [9.17, 15) is 4.79 Å². The van der Waals surface area contributed by atoms with Crippen LogP contribution < -0.4 is 16.6 Å². The van der Waals surface area contributed by atoms with Crippen molar-refractivity contribution in [1.29, 1.82) is 0 Å². The molecular formula is C21H18ClIN6O. The number of benzene rings is 2. The van der Waals surface area contributed by atoms with Gasteiger partial charge in [0.05, 0.1) is 36.9 Å². The van der Waals surface area contributed by atoms with Gasteiger partial charge in [-0.25, -0.2) is 9.97 Å². The summed E-state index contributed by atoms with van der Waals surface area (Å²) in [4.78, 5) is 26.7. The Balaban J connectivity index is 1.93. The molecule has 4 rings (SSSR count). The molecule has 2 aromatic heterocycles. The maximum absolute atomic E-state index is 13.5. The Bertz CT molecular complexity index is 1310. The number of aryl methyl sites for hydroxylation is 1. The number of nitrogens with zero attached hydrogens (tertiary/aromatic N) is 4. The van der Waals surface area contributed by atoms with Gasteiger partial charge in [0, 0.05) is 0 Å². The summed E-state index contributed by atoms with van der Waals surface area (Å²) in [6.07, 6.45) is 0. The van der Waals surface area contributed by atoms with Crippen LogP contribution in [0, 0.1) is 10.5 Å². The topological polar surface area (TPSA) is 98.7 Å². The number of nitrogens with two attached hydrogens (primary N) is 1. The molecule has 0 fully saturated rings. The van der Waals surface area contributed by atoms with E-state index in [0.717, 1.165) is 9.26 Å². The van der Waals surface area contributed by atoms with Crippen LogP contribution in [0.2, 0.25) is 5.02 Å². The second kappa shape index (κ2) is 8.19. The predicted molar refractivity (Wildman–Crippen MR) is 128 cm³/mol. The van der Waals surface area contributed by atoms with E-state index in [1.165, 1.54) is 0 Å². The third-order valence-electron chi connectivity index (χ3n) is 4.66. The Morgan fingerprint density at radius 3 is 2.57 bits per heavy atom. The molecule has 0 amide bonds. The van der Waals surface area contributed by atoms with E-state index in [4.69, 9.17) is 22.3 Å². The average Bonchev–Trinajstić information content (AvgIpc) is 2.72. The number of fused-ring (bicyclic) bond motifs is 1. The first-order valence-electron chi connectivity index (χ1n) is 9.19. The van der Waals surface area contributed by atoms with Crippen LogP contribution in [0.3, 0.4) is 0 Å². The number of halogens is 2. The zero-order valence-corrected chi connectivity index (χ0v) is 19.1. The molecule has 0 unspecified atom stereocenters. The van der Waals surface area contributed by atoms with Gasteiger partial charge in [-0.1, -0.05) is 35.9 Å². The van der Waals surface area contributed by atoms with Gasteiger partial charge in [0.2, 0.25) is 5.95 Å². The smallest absolute Gasteiger partial charge is 0.267 e. The normalized spacial score (nSPS) is 12.1. The molecule has 2 aromatic carbocycles. The second-order valence-electron chi connectivity index (χ2n) is 6.78. The maximum Gasteiger partial charge on any atom is 0.267 e. The van der Waals surface area contributed by atoms with Crippen molar-refractivity contribution in [1.82, 2.24) is 19.5 Å². The van der Waals surface area contributed by atoms with Crippen molar-refractivity contribution in [3.63, 3.8) is 0 Å². The number of nitrogen functional groups attached to an aromatic ring is 1. The molecule has 1 atom stereocenters. The van der Waals surface area contributed by atoms with Gasteiger partial charge in [-0.05, 0) is 60.7 Å². The summed E-state index contributed by atoms with van der Waals surface area (Å²) in [6, 6.07) is 14.3. The lowest BCUT2D eigenvalue weighted by molar-refractivity contribution is 0.730. The Hall–Kier alpha value is -2.72. The molecule has 0 radical (unpaired) electrons. The highest BCUT2D eigenvalue weighted by atomic mass is 127. The molecule has 2 heterocycles. The molecule has 7 nitrogen and oxygen atoms in total. The summed E-state index contributed by atoms with van der Waals surface area (Å²) in [5.41, 5.74) is 7.61. The quantitative estimate of drug-likeness (QED) is 0.376. The molecule has 0 aliphatic carbocycles. The Kier molecular flexibility index (Phi) is 5.61. The van der Waals surface area contributed by atoms with Crippen molar-refractivity contribution < 1.29 is 0 Å². The lowest BCUT2D eigenvalue weighted by Gasteiger charge is -2.21. The van der Waals surface area contributed by atoms with Crippen LogP contribution in [-0.2, 0) is 0 Å². The Morgan fingerprint density at radius 1 is 1.10 bits per heavy atom. The Labute approximate surface area is 191 Å². The van der Waals surface area contributed by atoms with Crippen LogP contribution in [0.1, 0.15) is 24.5 Å². The SMILES string of the molecule is Cc1nc(N)nc(N[C@@H](C)c2nc3cccc(Cl)c3c(=O)n2-c2ccccc2)c1I. The standard InChI is InChI=1S/C21H18ClIN6O/c1-11-17(23)18(28-21(24)26-11)25-12(2)19-27-15-10-6-9-14(22)16(15)20(30)29(19)13-7-4-3-5-8-13/h3-10,12H,1-2H3,(H3,24,25,26,28)/t12-/m0/s1. The van der Waals surface area contributed by atoms with Gasteiger partial charge in [0.1, 0.15) is 11.6 Å². The zero-order chi connectivity index (χ0) is 21.4. The van der Waals surface area contributed by atoms with Gasteiger partial charge >= 0.3 is 0 Å². The van der Waals surface area contributed by atoms with Gasteiger partial charge in [-0.15, -0.1) is 0 Å². The minimum absolute atomic E-state index is 0.182. The number of hydrogen-bond acceptors (Lipinski definition) is 6. The van der Waals surface area contributed by atoms with Crippen molar-refractivity contribution in [3.05, 3.63) is 79.0 Å². The molecule has 0 bridgehead atoms. The first kappa shape index (κ1) is 20.5. The Morgan fingerprint density at radius 2 is 1.83 bits per heavy atom. The van der Waals surface area contributed by atoms with Gasteiger partial charge in [-0.2, -0.15) is 4.98 Å². The van der Waals surface area contributed by atoms with Crippen molar-refractivity contribution in [2.45, 2.75) is 19.9 Å². The second-order valence-corrected chi connectivity index (χ2v) is 8.26. The largest absolute Gasteiger partial charge is 0.368 e. The summed E-state index contributed by atoms with van der Waals surface area (Å²) in [5.74, 6) is 1.31. The first-order valence-corrected chi connectivity index (χ1v) is 10.6. The highest BCUT2D eigenvalue weighted by Crippen LogP contribution is 2.26. The lowest BCUT2D eigenvalue weighted by Crippen LogP contribution is -2.27. The lowest BCUT2D eigenvalue weighted by atomic mass is 10.2. The molecule has 30 heavy (non-hydrogen) atoms. The molecule has 0 spiro atoms. The monoisotopic (exact) mass is 532 g/mol. The fraction of sp³-hybridized carbons (Fsp3) is 0.143. The van der Waals surface area contributed by atoms with Gasteiger partial charge in [0.25, 0.3) is 5.56 Å². The summed E-state index contributed by atoms with van der Waals surface area (Å²) in [5, 5.41) is 4.09. The zero-order valence-electron chi connectivity index (χ0n) is 16.2. The minimum atomic E-state index is -0.358. The molecular weight excluding hydrogens is 515 g/mol. The third kappa shape index (κ3) is 3.72. The average molecular weight is 533 g/mol. The summed E-state index contributed by atoms with van der Waals surface area (Å²) in [6.45, 7) is 3.78. The van der Waals surface area contributed by atoms with Crippen LogP contribution in [-0.4, -0.2) is 19.5 Å². The molecule has 152 valence electrons. The molecule has 0 saturated heterocycles. The third-order valence-corrected chi connectivity index (χ3v) is 6.27. The van der Waals surface area contributed by atoms with E-state index in [2.05, 4.69) is 37.9 Å². The molecule has 3 N–H and O–H groups in total. The molecule has 0 aliphatic heterocycles. The van der Waals surface area contributed by atoms with E-state index in [1.807, 2.05) is 44.2 Å². The number of aromatic nitrogens is 4. The fourth-order valence-electron chi connectivity index (χ4n) is 3.27. The van der Waals surface area contributed by atoms with Crippen LogP contribution in [0.4, 0.5) is 11.8 Å². The molecule has 0 saturated carbocycles. The number of nitrogens with one attached hydrogen (secondary N) is 1. The number of anilines is 2. The number of hydrogen-bond donors (Lipinski definition) is 2. The van der Waals surface area contributed by atoms with Crippen LogP contribution in [0.25, 0.3) is 16.6 Å². The van der Waals surface area contributed by atoms with E-state index >= 15 is 0 Å². The van der Waals surface area contributed by atoms with Crippen molar-refractivity contribution in [2.75, 3.05) is 11.1 Å². The van der Waals surface area contributed by atoms with Crippen molar-refractivity contribution in [3.8, 4) is 5.69 Å². The van der Waals surface area contributed by atoms with E-state index < -0.39 is 0 Å². The highest BCUT2D eigenvalue weighted by Gasteiger charge is 2.21. The fourth-order valence-corrected chi connectivity index (χ4v) is 3.92.